The average molecular weight is 223 g/mol. The summed E-state index contributed by atoms with van der Waals surface area (Å²) in [6.07, 6.45) is 0. The van der Waals surface area contributed by atoms with Crippen LogP contribution >= 0.6 is 0 Å². The van der Waals surface area contributed by atoms with E-state index in [1.165, 1.54) is 0 Å². The normalized spacial score (nSPS) is 14.7. The van der Waals surface area contributed by atoms with Gasteiger partial charge in [-0.2, -0.15) is 0 Å². The monoisotopic (exact) mass is 223 g/mol. The van der Waals surface area contributed by atoms with Crippen LogP contribution in [-0.4, -0.2) is 14.2 Å². The molecule has 0 aliphatic carbocycles. The lowest BCUT2D eigenvalue weighted by atomic mass is 9.82. The van der Waals surface area contributed by atoms with Crippen LogP contribution < -0.4 is 15.2 Å². The molecule has 90 valence electrons. The first kappa shape index (κ1) is 12.8. The van der Waals surface area contributed by atoms with Crippen LogP contribution in [0.25, 0.3) is 0 Å². The van der Waals surface area contributed by atoms with E-state index in [1.54, 1.807) is 14.2 Å². The smallest absolute Gasteiger partial charge is 0.127 e. The molecule has 3 heteroatoms. The highest BCUT2D eigenvalue weighted by Crippen LogP contribution is 2.35. The molecule has 16 heavy (non-hydrogen) atoms. The fourth-order valence-corrected chi connectivity index (χ4v) is 1.55. The van der Waals surface area contributed by atoms with Crippen molar-refractivity contribution in [3.05, 3.63) is 23.8 Å². The van der Waals surface area contributed by atoms with Crippen LogP contribution in [-0.2, 0) is 5.54 Å². The molecule has 0 heterocycles. The van der Waals surface area contributed by atoms with Gasteiger partial charge in [0.1, 0.15) is 11.5 Å². The molecule has 0 saturated carbocycles. The minimum absolute atomic E-state index is 0.329. The molecule has 1 aromatic carbocycles. The Morgan fingerprint density at radius 3 is 2.25 bits per heavy atom. The van der Waals surface area contributed by atoms with Crippen LogP contribution in [0.15, 0.2) is 18.2 Å². The summed E-state index contributed by atoms with van der Waals surface area (Å²) >= 11 is 0. The number of benzene rings is 1. The molecule has 0 aromatic heterocycles. The molecule has 3 nitrogen and oxygen atoms in total. The maximum atomic E-state index is 6.33. The van der Waals surface area contributed by atoms with E-state index in [-0.39, 0.29) is 0 Å². The van der Waals surface area contributed by atoms with Gasteiger partial charge in [-0.1, -0.05) is 13.8 Å². The molecule has 0 saturated heterocycles. The molecule has 0 aliphatic heterocycles. The van der Waals surface area contributed by atoms with Crippen LogP contribution in [0.4, 0.5) is 0 Å². The number of hydrogen-bond donors (Lipinski definition) is 1. The highest BCUT2D eigenvalue weighted by molar-refractivity contribution is 5.44. The summed E-state index contributed by atoms with van der Waals surface area (Å²) in [5.74, 6) is 1.88. The van der Waals surface area contributed by atoms with E-state index >= 15 is 0 Å². The van der Waals surface area contributed by atoms with Crippen molar-refractivity contribution < 1.29 is 9.47 Å². The van der Waals surface area contributed by atoms with Gasteiger partial charge in [-0.15, -0.1) is 0 Å². The van der Waals surface area contributed by atoms with Crippen molar-refractivity contribution in [3.8, 4) is 11.5 Å². The van der Waals surface area contributed by atoms with Crippen LogP contribution in [0.2, 0.25) is 0 Å². The summed E-state index contributed by atoms with van der Waals surface area (Å²) in [5, 5.41) is 0. The molecule has 2 N–H and O–H groups in total. The van der Waals surface area contributed by atoms with E-state index in [1.807, 2.05) is 25.1 Å². The fraction of sp³-hybridized carbons (Fsp3) is 0.538. The Labute approximate surface area is 97.6 Å². The molecular weight excluding hydrogens is 202 g/mol. The van der Waals surface area contributed by atoms with Crippen LogP contribution in [0.5, 0.6) is 11.5 Å². The van der Waals surface area contributed by atoms with E-state index in [0.29, 0.717) is 5.92 Å². The first-order chi connectivity index (χ1) is 7.43. The van der Waals surface area contributed by atoms with Gasteiger partial charge in [-0.05, 0) is 25.0 Å². The number of methoxy groups -OCH3 is 2. The summed E-state index contributed by atoms with van der Waals surface area (Å²) in [4.78, 5) is 0. The SMILES string of the molecule is COc1ccc(C(C)(N)C(C)C)c(OC)c1. The van der Waals surface area contributed by atoms with Crippen molar-refractivity contribution in [1.82, 2.24) is 0 Å². The van der Waals surface area contributed by atoms with Gasteiger partial charge in [0.15, 0.2) is 0 Å². The summed E-state index contributed by atoms with van der Waals surface area (Å²) in [6, 6.07) is 5.74. The predicted molar refractivity (Wildman–Crippen MR) is 65.9 cm³/mol. The summed E-state index contributed by atoms with van der Waals surface area (Å²) < 4.78 is 10.5. The summed E-state index contributed by atoms with van der Waals surface area (Å²) in [7, 11) is 3.28. The van der Waals surface area contributed by atoms with Gasteiger partial charge >= 0.3 is 0 Å². The minimum atomic E-state index is -0.405. The Bertz CT molecular complexity index is 359. The lowest BCUT2D eigenvalue weighted by Crippen LogP contribution is -2.38. The van der Waals surface area contributed by atoms with Gasteiger partial charge in [0.25, 0.3) is 0 Å². The molecule has 0 aliphatic rings. The summed E-state index contributed by atoms with van der Waals surface area (Å²) in [6.45, 7) is 6.22. The number of hydrogen-bond acceptors (Lipinski definition) is 3. The number of nitrogens with two attached hydrogens (primary N) is 1. The predicted octanol–water partition coefficient (Wildman–Crippen LogP) is 2.53. The maximum absolute atomic E-state index is 6.33. The van der Waals surface area contributed by atoms with E-state index in [2.05, 4.69) is 13.8 Å². The van der Waals surface area contributed by atoms with Crippen molar-refractivity contribution in [1.29, 1.82) is 0 Å². The quantitative estimate of drug-likeness (QED) is 0.853. The van der Waals surface area contributed by atoms with Crippen molar-refractivity contribution in [2.45, 2.75) is 26.3 Å². The maximum Gasteiger partial charge on any atom is 0.127 e. The fourth-order valence-electron chi connectivity index (χ4n) is 1.55. The Kier molecular flexibility index (Phi) is 3.81. The topological polar surface area (TPSA) is 44.5 Å². The molecule has 0 fully saturated rings. The zero-order valence-electron chi connectivity index (χ0n) is 10.7. The first-order valence-electron chi connectivity index (χ1n) is 5.44. The van der Waals surface area contributed by atoms with Gasteiger partial charge in [0, 0.05) is 17.2 Å². The second-order valence-corrected chi connectivity index (χ2v) is 4.50. The Hall–Kier alpha value is -1.22. The Morgan fingerprint density at radius 2 is 1.81 bits per heavy atom. The molecule has 1 atom stereocenters. The molecule has 1 aromatic rings. The third-order valence-corrected chi connectivity index (χ3v) is 3.19. The standard InChI is InChI=1S/C13H21NO2/c1-9(2)13(3,14)11-7-6-10(15-4)8-12(11)16-5/h6-9H,14H2,1-5H3. The molecule has 0 amide bonds. The summed E-state index contributed by atoms with van der Waals surface area (Å²) in [5.41, 5.74) is 6.93. The minimum Gasteiger partial charge on any atom is -0.497 e. The van der Waals surface area contributed by atoms with E-state index in [4.69, 9.17) is 15.2 Å². The third-order valence-electron chi connectivity index (χ3n) is 3.19. The van der Waals surface area contributed by atoms with Crippen molar-refractivity contribution >= 4 is 0 Å². The zero-order chi connectivity index (χ0) is 12.3. The van der Waals surface area contributed by atoms with Crippen molar-refractivity contribution in [3.63, 3.8) is 0 Å². The van der Waals surface area contributed by atoms with Gasteiger partial charge in [-0.25, -0.2) is 0 Å². The molecule has 0 bridgehead atoms. The molecule has 1 unspecified atom stereocenters. The second-order valence-electron chi connectivity index (χ2n) is 4.50. The lowest BCUT2D eigenvalue weighted by Gasteiger charge is -2.31. The van der Waals surface area contributed by atoms with Gasteiger partial charge < -0.3 is 15.2 Å². The molecular formula is C13H21NO2. The Morgan fingerprint density at radius 1 is 1.19 bits per heavy atom. The van der Waals surface area contributed by atoms with E-state index < -0.39 is 5.54 Å². The van der Waals surface area contributed by atoms with Gasteiger partial charge in [0.05, 0.1) is 14.2 Å². The third kappa shape index (κ3) is 2.30. The van der Waals surface area contributed by atoms with E-state index in [0.717, 1.165) is 17.1 Å². The van der Waals surface area contributed by atoms with Gasteiger partial charge in [-0.3, -0.25) is 0 Å². The number of ether oxygens (including phenoxy) is 2. The second kappa shape index (κ2) is 4.74. The first-order valence-corrected chi connectivity index (χ1v) is 5.44. The van der Waals surface area contributed by atoms with Gasteiger partial charge in [0.2, 0.25) is 0 Å². The molecule has 1 rings (SSSR count). The largest absolute Gasteiger partial charge is 0.497 e. The average Bonchev–Trinajstić information content (AvgIpc) is 2.27. The van der Waals surface area contributed by atoms with Crippen LogP contribution in [0.1, 0.15) is 26.3 Å². The van der Waals surface area contributed by atoms with E-state index in [9.17, 15) is 0 Å². The highest BCUT2D eigenvalue weighted by atomic mass is 16.5. The highest BCUT2D eigenvalue weighted by Gasteiger charge is 2.28. The molecule has 0 radical (unpaired) electrons. The number of rotatable bonds is 4. The van der Waals surface area contributed by atoms with Crippen LogP contribution in [0, 0.1) is 5.92 Å². The van der Waals surface area contributed by atoms with Crippen molar-refractivity contribution in [2.75, 3.05) is 14.2 Å². The zero-order valence-corrected chi connectivity index (χ0v) is 10.7. The molecule has 0 spiro atoms. The van der Waals surface area contributed by atoms with Crippen molar-refractivity contribution in [2.24, 2.45) is 11.7 Å². The lowest BCUT2D eigenvalue weighted by molar-refractivity contribution is 0.324. The Balaban J connectivity index is 3.23. The van der Waals surface area contributed by atoms with Crippen LogP contribution in [0.3, 0.4) is 0 Å².